The molecule has 0 saturated carbocycles. The summed E-state index contributed by atoms with van der Waals surface area (Å²) in [6.07, 6.45) is 1.65. The summed E-state index contributed by atoms with van der Waals surface area (Å²) in [6.45, 7) is 8.84. The lowest BCUT2D eigenvalue weighted by atomic mass is 10.4. The summed E-state index contributed by atoms with van der Waals surface area (Å²) in [7, 11) is -3.67. The predicted molar refractivity (Wildman–Crippen MR) is 96.5 cm³/mol. The molecule has 0 radical (unpaired) electrons. The van der Waals surface area contributed by atoms with Crippen molar-refractivity contribution in [2.45, 2.75) is 38.8 Å². The number of nitrogens with one attached hydrogen (secondary N) is 1. The first-order valence-electron chi connectivity index (χ1n) is 8.60. The van der Waals surface area contributed by atoms with Gasteiger partial charge in [0, 0.05) is 25.8 Å². The molecule has 0 amide bonds. The molecule has 0 atom stereocenters. The molecular formula is C16H24N6O3S. The predicted octanol–water partition coefficient (Wildman–Crippen LogP) is 0.625. The van der Waals surface area contributed by atoms with Crippen molar-refractivity contribution in [2.75, 3.05) is 31.2 Å². The molecule has 1 aliphatic rings. The van der Waals surface area contributed by atoms with Gasteiger partial charge in [-0.05, 0) is 26.8 Å². The molecule has 0 bridgehead atoms. The third kappa shape index (κ3) is 3.87. The molecule has 1 fully saturated rings. The van der Waals surface area contributed by atoms with E-state index in [0.29, 0.717) is 42.8 Å². The van der Waals surface area contributed by atoms with E-state index in [4.69, 9.17) is 4.74 Å². The average Bonchev–Trinajstić information content (AvgIpc) is 2.95. The van der Waals surface area contributed by atoms with E-state index in [1.54, 1.807) is 30.8 Å². The van der Waals surface area contributed by atoms with Crippen molar-refractivity contribution in [3.05, 3.63) is 29.3 Å². The van der Waals surface area contributed by atoms with Crippen LogP contribution in [-0.2, 0) is 27.8 Å². The fourth-order valence-electron chi connectivity index (χ4n) is 3.02. The van der Waals surface area contributed by atoms with Gasteiger partial charge in [-0.2, -0.15) is 5.10 Å². The van der Waals surface area contributed by atoms with Gasteiger partial charge in [0.2, 0.25) is 16.0 Å². The van der Waals surface area contributed by atoms with Crippen molar-refractivity contribution >= 4 is 16.0 Å². The zero-order valence-electron chi connectivity index (χ0n) is 15.3. The molecule has 3 rings (SSSR count). The smallest absolute Gasteiger partial charge is 0.244 e. The van der Waals surface area contributed by atoms with Crippen LogP contribution in [-0.4, -0.2) is 54.5 Å². The molecule has 9 nitrogen and oxygen atoms in total. The second-order valence-corrected chi connectivity index (χ2v) is 7.79. The van der Waals surface area contributed by atoms with Gasteiger partial charge in [-0.15, -0.1) is 0 Å². The van der Waals surface area contributed by atoms with E-state index in [9.17, 15) is 8.42 Å². The zero-order valence-corrected chi connectivity index (χ0v) is 16.1. The molecule has 3 heterocycles. The Bertz CT molecular complexity index is 874. The van der Waals surface area contributed by atoms with E-state index in [-0.39, 0.29) is 11.4 Å². The normalized spacial score (nSPS) is 15.4. The largest absolute Gasteiger partial charge is 0.378 e. The van der Waals surface area contributed by atoms with Gasteiger partial charge < -0.3 is 9.64 Å². The van der Waals surface area contributed by atoms with Gasteiger partial charge in [0.1, 0.15) is 4.90 Å². The van der Waals surface area contributed by atoms with Crippen molar-refractivity contribution in [1.82, 2.24) is 24.5 Å². The van der Waals surface area contributed by atoms with Gasteiger partial charge >= 0.3 is 0 Å². The summed E-state index contributed by atoms with van der Waals surface area (Å²) in [6, 6.07) is 1.71. The van der Waals surface area contributed by atoms with Crippen LogP contribution in [0.25, 0.3) is 0 Å². The number of aromatic nitrogens is 4. The van der Waals surface area contributed by atoms with Crippen molar-refractivity contribution in [1.29, 1.82) is 0 Å². The first kappa shape index (κ1) is 18.7. The molecular weight excluding hydrogens is 356 g/mol. The molecule has 1 aliphatic heterocycles. The molecule has 0 aromatic carbocycles. The molecule has 1 N–H and O–H groups in total. The summed E-state index contributed by atoms with van der Waals surface area (Å²) in [5.74, 6) is 0.594. The van der Waals surface area contributed by atoms with Gasteiger partial charge in [0.25, 0.3) is 0 Å². The van der Waals surface area contributed by atoms with Gasteiger partial charge in [-0.25, -0.2) is 23.1 Å². The molecule has 142 valence electrons. The maximum absolute atomic E-state index is 12.7. The summed E-state index contributed by atoms with van der Waals surface area (Å²) < 4.78 is 35.1. The lowest BCUT2D eigenvalue weighted by Crippen LogP contribution is -2.37. The lowest BCUT2D eigenvalue weighted by Gasteiger charge is -2.26. The van der Waals surface area contributed by atoms with Crippen LogP contribution in [0.1, 0.15) is 24.0 Å². The van der Waals surface area contributed by atoms with Crippen LogP contribution in [0.2, 0.25) is 0 Å². The van der Waals surface area contributed by atoms with Gasteiger partial charge in [-0.3, -0.25) is 4.68 Å². The van der Waals surface area contributed by atoms with Crippen molar-refractivity contribution in [2.24, 2.45) is 0 Å². The summed E-state index contributed by atoms with van der Waals surface area (Å²) >= 11 is 0. The van der Waals surface area contributed by atoms with Crippen LogP contribution in [0.15, 0.2) is 17.2 Å². The second kappa shape index (κ2) is 7.68. The molecule has 0 spiro atoms. The first-order valence-corrected chi connectivity index (χ1v) is 10.1. The van der Waals surface area contributed by atoms with Crippen molar-refractivity contribution in [3.8, 4) is 0 Å². The second-order valence-electron chi connectivity index (χ2n) is 6.09. The molecule has 26 heavy (non-hydrogen) atoms. The quantitative estimate of drug-likeness (QED) is 0.784. The van der Waals surface area contributed by atoms with Gasteiger partial charge in [0.15, 0.2) is 0 Å². The number of morpholine rings is 1. The number of nitrogens with zero attached hydrogens (tertiary/aromatic N) is 5. The Hall–Kier alpha value is -2.04. The summed E-state index contributed by atoms with van der Waals surface area (Å²) in [4.78, 5) is 11.0. The number of sulfonamides is 1. The number of ether oxygens (including phenoxy) is 1. The molecule has 2 aromatic heterocycles. The Morgan fingerprint density at radius 2 is 2.00 bits per heavy atom. The minimum Gasteiger partial charge on any atom is -0.378 e. The highest BCUT2D eigenvalue weighted by Gasteiger charge is 2.24. The third-order valence-electron chi connectivity index (χ3n) is 4.32. The van der Waals surface area contributed by atoms with Crippen LogP contribution in [0.4, 0.5) is 5.95 Å². The zero-order chi connectivity index (χ0) is 18.7. The van der Waals surface area contributed by atoms with Crippen LogP contribution < -0.4 is 9.62 Å². The highest BCUT2D eigenvalue weighted by Crippen LogP contribution is 2.19. The SMILES string of the molecule is CCn1nc(C)c(S(=O)(=O)NCc2ccnc(N3CCOCC3)n2)c1C. The number of rotatable bonds is 6. The van der Waals surface area contributed by atoms with Crippen molar-refractivity contribution in [3.63, 3.8) is 0 Å². The summed E-state index contributed by atoms with van der Waals surface area (Å²) in [5, 5.41) is 4.28. The van der Waals surface area contributed by atoms with E-state index in [0.717, 1.165) is 13.1 Å². The Kier molecular flexibility index (Phi) is 5.54. The Morgan fingerprint density at radius 3 is 2.65 bits per heavy atom. The fourth-order valence-corrected chi connectivity index (χ4v) is 4.42. The summed E-state index contributed by atoms with van der Waals surface area (Å²) in [5.41, 5.74) is 1.74. The number of hydrogen-bond donors (Lipinski definition) is 1. The lowest BCUT2D eigenvalue weighted by molar-refractivity contribution is 0.122. The van der Waals surface area contributed by atoms with E-state index in [1.807, 2.05) is 11.8 Å². The molecule has 0 unspecified atom stereocenters. The highest BCUT2D eigenvalue weighted by atomic mass is 32.2. The van der Waals surface area contributed by atoms with Gasteiger partial charge in [-0.1, -0.05) is 0 Å². The Labute approximate surface area is 153 Å². The van der Waals surface area contributed by atoms with Crippen molar-refractivity contribution < 1.29 is 13.2 Å². The van der Waals surface area contributed by atoms with E-state index in [1.165, 1.54) is 0 Å². The molecule has 2 aromatic rings. The van der Waals surface area contributed by atoms with Crippen LogP contribution >= 0.6 is 0 Å². The monoisotopic (exact) mass is 380 g/mol. The fraction of sp³-hybridized carbons (Fsp3) is 0.562. The van der Waals surface area contributed by atoms with E-state index >= 15 is 0 Å². The maximum Gasteiger partial charge on any atom is 0.244 e. The number of aryl methyl sites for hydroxylation is 2. The minimum atomic E-state index is -3.67. The van der Waals surface area contributed by atoms with E-state index in [2.05, 4.69) is 19.8 Å². The van der Waals surface area contributed by atoms with Gasteiger partial charge in [0.05, 0.1) is 36.8 Å². The maximum atomic E-state index is 12.7. The van der Waals surface area contributed by atoms with Crippen LogP contribution in [0, 0.1) is 13.8 Å². The van der Waals surface area contributed by atoms with Crippen LogP contribution in [0.3, 0.4) is 0 Å². The Morgan fingerprint density at radius 1 is 1.27 bits per heavy atom. The average molecular weight is 380 g/mol. The molecule has 0 aliphatic carbocycles. The Balaban J connectivity index is 1.75. The first-order chi connectivity index (χ1) is 12.4. The number of anilines is 1. The third-order valence-corrected chi connectivity index (χ3v) is 5.97. The highest BCUT2D eigenvalue weighted by molar-refractivity contribution is 7.89. The number of hydrogen-bond acceptors (Lipinski definition) is 7. The topological polar surface area (TPSA) is 102 Å². The van der Waals surface area contributed by atoms with Crippen LogP contribution in [0.5, 0.6) is 0 Å². The van der Waals surface area contributed by atoms with E-state index < -0.39 is 10.0 Å². The molecule has 10 heteroatoms. The molecule has 1 saturated heterocycles. The standard InChI is InChI=1S/C16H24N6O3S/c1-4-22-13(3)15(12(2)20-22)26(23,24)18-11-14-5-6-17-16(19-14)21-7-9-25-10-8-21/h5-6,18H,4,7-11H2,1-3H3. The minimum absolute atomic E-state index is 0.0956.